The fourth-order valence-corrected chi connectivity index (χ4v) is 2.09. The van der Waals surface area contributed by atoms with Gasteiger partial charge in [-0.05, 0) is 18.9 Å². The van der Waals surface area contributed by atoms with Gasteiger partial charge in [-0.2, -0.15) is 5.26 Å². The summed E-state index contributed by atoms with van der Waals surface area (Å²) in [6.45, 7) is 0.0335. The highest BCUT2D eigenvalue weighted by Gasteiger charge is 2.27. The maximum atomic E-state index is 11.3. The Balaban J connectivity index is 2.34. The number of H-pyrrole nitrogens is 1. The quantitative estimate of drug-likeness (QED) is 0.564. The number of aromatic amines is 1. The number of nitrogens with zero attached hydrogens (tertiary/aromatic N) is 1. The number of nitrogens with one attached hydrogen (secondary N) is 2. The van der Waals surface area contributed by atoms with Gasteiger partial charge >= 0.3 is 0 Å². The van der Waals surface area contributed by atoms with Crippen molar-refractivity contribution < 1.29 is 10.2 Å². The van der Waals surface area contributed by atoms with Crippen LogP contribution >= 0.6 is 0 Å². The number of nitriles is 1. The van der Waals surface area contributed by atoms with E-state index in [0.29, 0.717) is 5.56 Å². The predicted molar refractivity (Wildman–Crippen MR) is 59.4 cm³/mol. The lowest BCUT2D eigenvalue weighted by Crippen LogP contribution is -2.28. The Labute approximate surface area is 97.5 Å². The average molecular weight is 235 g/mol. The van der Waals surface area contributed by atoms with Crippen LogP contribution in [-0.4, -0.2) is 27.8 Å². The molecule has 0 aliphatic carbocycles. The predicted octanol–water partition coefficient (Wildman–Crippen LogP) is -0.262. The minimum absolute atomic E-state index is 0.00290. The van der Waals surface area contributed by atoms with Crippen molar-refractivity contribution in [1.29, 1.82) is 5.26 Å². The Morgan fingerprint density at radius 1 is 1.53 bits per heavy atom. The topological polar surface area (TPSA) is 109 Å². The van der Waals surface area contributed by atoms with Crippen LogP contribution in [0.1, 0.15) is 30.0 Å². The van der Waals surface area contributed by atoms with Gasteiger partial charge in [-0.15, -0.1) is 0 Å². The lowest BCUT2D eigenvalue weighted by molar-refractivity contribution is 0.251. The second-order valence-electron chi connectivity index (χ2n) is 4.10. The van der Waals surface area contributed by atoms with Crippen molar-refractivity contribution in [2.45, 2.75) is 24.9 Å². The van der Waals surface area contributed by atoms with Crippen LogP contribution < -0.4 is 10.9 Å². The van der Waals surface area contributed by atoms with E-state index in [4.69, 9.17) is 10.4 Å². The van der Waals surface area contributed by atoms with E-state index in [0.717, 1.165) is 12.8 Å². The molecule has 1 aliphatic rings. The first-order valence-electron chi connectivity index (χ1n) is 5.39. The van der Waals surface area contributed by atoms with Crippen LogP contribution in [0.5, 0.6) is 5.88 Å². The van der Waals surface area contributed by atoms with Crippen molar-refractivity contribution in [2.24, 2.45) is 0 Å². The van der Waals surface area contributed by atoms with Gasteiger partial charge < -0.3 is 15.5 Å². The van der Waals surface area contributed by atoms with Crippen molar-refractivity contribution in [3.8, 4) is 11.9 Å². The summed E-state index contributed by atoms with van der Waals surface area (Å²) in [7, 11) is 0. The summed E-state index contributed by atoms with van der Waals surface area (Å²) in [4.78, 5) is 13.5. The van der Waals surface area contributed by atoms with Gasteiger partial charge in [0, 0.05) is 17.6 Å². The van der Waals surface area contributed by atoms with Gasteiger partial charge in [0.15, 0.2) is 5.88 Å². The van der Waals surface area contributed by atoms with Crippen molar-refractivity contribution in [3.05, 3.63) is 27.5 Å². The fraction of sp³-hybridized carbons (Fsp3) is 0.455. The first-order valence-corrected chi connectivity index (χ1v) is 5.39. The molecule has 1 saturated heterocycles. The summed E-state index contributed by atoms with van der Waals surface area (Å²) in [5.74, 6) is -0.218. The number of hydrogen-bond acceptors (Lipinski definition) is 5. The van der Waals surface area contributed by atoms with E-state index in [2.05, 4.69) is 10.3 Å². The Bertz CT molecular complexity index is 518. The summed E-state index contributed by atoms with van der Waals surface area (Å²) in [5, 5.41) is 30.6. The van der Waals surface area contributed by atoms with Crippen LogP contribution in [-0.2, 0) is 0 Å². The first kappa shape index (κ1) is 11.6. The lowest BCUT2D eigenvalue weighted by atomic mass is 10.1. The molecule has 1 aliphatic heterocycles. The zero-order valence-electron chi connectivity index (χ0n) is 9.10. The number of aromatic hydroxyl groups is 1. The van der Waals surface area contributed by atoms with Gasteiger partial charge in [-0.1, -0.05) is 0 Å². The normalized spacial score (nSPS) is 23.5. The van der Waals surface area contributed by atoms with Gasteiger partial charge in [0.05, 0.1) is 6.61 Å². The standard InChI is InChI=1S/C11H13N3O3/c12-4-6-3-8(11(17)14-10(6)16)9-2-1-7(5-15)13-9/h3,7,9,13,15H,1-2,5H2,(H2,14,16,17). The Kier molecular flexibility index (Phi) is 3.13. The molecule has 0 amide bonds. The molecule has 1 aromatic heterocycles. The highest BCUT2D eigenvalue weighted by Crippen LogP contribution is 2.30. The number of aliphatic hydroxyl groups excluding tert-OH is 1. The highest BCUT2D eigenvalue weighted by molar-refractivity contribution is 5.37. The first-order chi connectivity index (χ1) is 8.15. The van der Waals surface area contributed by atoms with Crippen LogP contribution in [0.3, 0.4) is 0 Å². The number of pyridine rings is 1. The molecular formula is C11H13N3O3. The Morgan fingerprint density at radius 2 is 2.29 bits per heavy atom. The molecule has 4 N–H and O–H groups in total. The molecule has 0 spiro atoms. The van der Waals surface area contributed by atoms with E-state index in [1.807, 2.05) is 0 Å². The molecule has 2 unspecified atom stereocenters. The average Bonchev–Trinajstić information content (AvgIpc) is 2.78. The molecule has 2 atom stereocenters. The molecule has 2 heterocycles. The molecule has 17 heavy (non-hydrogen) atoms. The van der Waals surface area contributed by atoms with Gasteiger partial charge in [-0.3, -0.25) is 9.78 Å². The summed E-state index contributed by atoms with van der Waals surface area (Å²) in [5.41, 5.74) is -0.116. The van der Waals surface area contributed by atoms with E-state index in [1.54, 1.807) is 6.07 Å². The molecular weight excluding hydrogens is 222 g/mol. The molecule has 1 aromatic rings. The van der Waals surface area contributed by atoms with E-state index < -0.39 is 5.56 Å². The number of rotatable bonds is 2. The minimum atomic E-state index is -0.592. The number of aromatic nitrogens is 1. The zero-order chi connectivity index (χ0) is 12.4. The second-order valence-corrected chi connectivity index (χ2v) is 4.10. The molecule has 6 nitrogen and oxygen atoms in total. The SMILES string of the molecule is N#Cc1cc(C2CCC(CO)N2)c(O)[nH]c1=O. The van der Waals surface area contributed by atoms with Gasteiger partial charge in [0.2, 0.25) is 0 Å². The maximum Gasteiger partial charge on any atom is 0.268 e. The monoisotopic (exact) mass is 235 g/mol. The molecule has 2 rings (SSSR count). The van der Waals surface area contributed by atoms with Crippen molar-refractivity contribution in [2.75, 3.05) is 6.61 Å². The van der Waals surface area contributed by atoms with Crippen LogP contribution in [0.25, 0.3) is 0 Å². The third-order valence-electron chi connectivity index (χ3n) is 3.01. The fourth-order valence-electron chi connectivity index (χ4n) is 2.09. The summed E-state index contributed by atoms with van der Waals surface area (Å²) in [6, 6.07) is 3.03. The van der Waals surface area contributed by atoms with Crippen LogP contribution in [0.4, 0.5) is 0 Å². The summed E-state index contributed by atoms with van der Waals surface area (Å²) < 4.78 is 0. The molecule has 1 fully saturated rings. The lowest BCUT2D eigenvalue weighted by Gasteiger charge is -2.14. The third-order valence-corrected chi connectivity index (χ3v) is 3.01. The van der Waals surface area contributed by atoms with Crippen LogP contribution in [0.15, 0.2) is 10.9 Å². The van der Waals surface area contributed by atoms with Gasteiger partial charge in [0.25, 0.3) is 5.56 Å². The van der Waals surface area contributed by atoms with Crippen LogP contribution in [0.2, 0.25) is 0 Å². The molecule has 0 aromatic carbocycles. The zero-order valence-corrected chi connectivity index (χ0v) is 9.10. The van der Waals surface area contributed by atoms with Crippen LogP contribution in [0, 0.1) is 11.3 Å². The molecule has 0 bridgehead atoms. The second kappa shape index (κ2) is 4.57. The molecule has 6 heteroatoms. The minimum Gasteiger partial charge on any atom is -0.494 e. The summed E-state index contributed by atoms with van der Waals surface area (Å²) in [6.07, 6.45) is 1.54. The largest absolute Gasteiger partial charge is 0.494 e. The van der Waals surface area contributed by atoms with E-state index in [-0.39, 0.29) is 30.1 Å². The van der Waals surface area contributed by atoms with Crippen molar-refractivity contribution in [3.63, 3.8) is 0 Å². The molecule has 0 radical (unpaired) electrons. The summed E-state index contributed by atoms with van der Waals surface area (Å²) >= 11 is 0. The maximum absolute atomic E-state index is 11.3. The molecule has 90 valence electrons. The Hall–Kier alpha value is -1.84. The number of aliphatic hydroxyl groups is 1. The number of hydrogen-bond donors (Lipinski definition) is 4. The van der Waals surface area contributed by atoms with E-state index in [1.165, 1.54) is 6.07 Å². The smallest absolute Gasteiger partial charge is 0.268 e. The van der Waals surface area contributed by atoms with E-state index >= 15 is 0 Å². The molecule has 0 saturated carbocycles. The Morgan fingerprint density at radius 3 is 2.88 bits per heavy atom. The van der Waals surface area contributed by atoms with Gasteiger partial charge in [0.1, 0.15) is 11.6 Å². The van der Waals surface area contributed by atoms with Crippen molar-refractivity contribution >= 4 is 0 Å². The van der Waals surface area contributed by atoms with Crippen molar-refractivity contribution in [1.82, 2.24) is 10.3 Å². The third kappa shape index (κ3) is 2.16. The highest BCUT2D eigenvalue weighted by atomic mass is 16.3. The van der Waals surface area contributed by atoms with E-state index in [9.17, 15) is 9.90 Å². The van der Waals surface area contributed by atoms with Gasteiger partial charge in [-0.25, -0.2) is 0 Å².